The number of nitrogens with zero attached hydrogens (tertiary/aromatic N) is 4. The van der Waals surface area contributed by atoms with Crippen LogP contribution in [0.3, 0.4) is 0 Å². The number of amides is 1. The van der Waals surface area contributed by atoms with Gasteiger partial charge in [-0.1, -0.05) is 37.3 Å². The lowest BCUT2D eigenvalue weighted by atomic mass is 10.1. The third-order valence-corrected chi connectivity index (χ3v) is 5.83. The summed E-state index contributed by atoms with van der Waals surface area (Å²) in [6.07, 6.45) is 0.422. The van der Waals surface area contributed by atoms with Crippen LogP contribution < -0.4 is 15.6 Å². The number of benzene rings is 2. The van der Waals surface area contributed by atoms with Crippen LogP contribution in [0.15, 0.2) is 59.4 Å². The molecule has 0 unspecified atom stereocenters. The van der Waals surface area contributed by atoms with Crippen molar-refractivity contribution in [3.05, 3.63) is 81.9 Å². The molecule has 2 heterocycles. The van der Waals surface area contributed by atoms with Crippen molar-refractivity contribution in [3.8, 4) is 11.4 Å². The van der Waals surface area contributed by atoms with Crippen molar-refractivity contribution < 1.29 is 9.53 Å². The largest absolute Gasteiger partial charge is 0.494 e. The highest BCUT2D eigenvalue weighted by molar-refractivity contribution is 5.84. The fraction of sp³-hybridized carbons (Fsp3) is 0.308. The summed E-state index contributed by atoms with van der Waals surface area (Å²) in [7, 11) is 0. The van der Waals surface area contributed by atoms with Crippen molar-refractivity contribution in [2.45, 2.75) is 46.7 Å². The molecule has 4 rings (SSSR count). The Labute approximate surface area is 198 Å². The van der Waals surface area contributed by atoms with Crippen molar-refractivity contribution >= 4 is 16.8 Å². The zero-order valence-electron chi connectivity index (χ0n) is 19.9. The van der Waals surface area contributed by atoms with E-state index in [9.17, 15) is 9.59 Å². The minimum atomic E-state index is -0.736. The number of hydrogen-bond acceptors (Lipinski definition) is 5. The lowest BCUT2D eigenvalue weighted by Crippen LogP contribution is -2.38. The first-order chi connectivity index (χ1) is 16.4. The van der Waals surface area contributed by atoms with E-state index in [1.165, 1.54) is 4.68 Å². The number of para-hydroxylation sites is 1. The molecule has 0 aliphatic heterocycles. The highest BCUT2D eigenvalue weighted by Crippen LogP contribution is 2.22. The van der Waals surface area contributed by atoms with Gasteiger partial charge in [0.25, 0.3) is 5.56 Å². The van der Waals surface area contributed by atoms with Crippen LogP contribution in [-0.2, 0) is 11.3 Å². The summed E-state index contributed by atoms with van der Waals surface area (Å²) in [5.41, 5.74) is 3.24. The van der Waals surface area contributed by atoms with Crippen molar-refractivity contribution in [2.24, 2.45) is 0 Å². The van der Waals surface area contributed by atoms with Crippen LogP contribution in [0, 0.1) is 13.8 Å². The molecular formula is C26H29N5O3. The first-order valence-corrected chi connectivity index (χ1v) is 11.5. The molecule has 0 fully saturated rings. The number of aromatic nitrogens is 4. The van der Waals surface area contributed by atoms with Gasteiger partial charge in [-0.25, -0.2) is 9.36 Å². The van der Waals surface area contributed by atoms with Gasteiger partial charge in [-0.15, -0.1) is 0 Å². The van der Waals surface area contributed by atoms with Gasteiger partial charge in [0.2, 0.25) is 5.91 Å². The summed E-state index contributed by atoms with van der Waals surface area (Å²) < 4.78 is 8.48. The number of carbonyl (C=O) groups is 1. The molecule has 0 bridgehead atoms. The number of carbonyl (C=O) groups excluding carboxylic acids is 1. The smallest absolute Gasteiger partial charge is 0.295 e. The fourth-order valence-corrected chi connectivity index (χ4v) is 4.13. The normalized spacial score (nSPS) is 12.0. The van der Waals surface area contributed by atoms with Gasteiger partial charge in [-0.3, -0.25) is 9.59 Å². The average Bonchev–Trinajstić information content (AvgIpc) is 3.21. The third-order valence-electron chi connectivity index (χ3n) is 5.83. The molecular weight excluding hydrogens is 430 g/mol. The van der Waals surface area contributed by atoms with E-state index in [4.69, 9.17) is 4.74 Å². The lowest BCUT2D eigenvalue weighted by molar-refractivity contribution is -0.125. The first-order valence-electron chi connectivity index (χ1n) is 11.5. The number of aryl methyl sites for hydroxylation is 2. The summed E-state index contributed by atoms with van der Waals surface area (Å²) >= 11 is 0. The van der Waals surface area contributed by atoms with E-state index in [1.54, 1.807) is 4.68 Å². The molecule has 2 aromatic carbocycles. The zero-order valence-corrected chi connectivity index (χ0v) is 19.9. The molecule has 0 saturated heterocycles. The van der Waals surface area contributed by atoms with Crippen LogP contribution in [0.5, 0.6) is 5.75 Å². The van der Waals surface area contributed by atoms with Crippen LogP contribution in [0.4, 0.5) is 0 Å². The van der Waals surface area contributed by atoms with E-state index >= 15 is 0 Å². The van der Waals surface area contributed by atoms with Gasteiger partial charge < -0.3 is 10.1 Å². The maximum absolute atomic E-state index is 13.4. The molecule has 0 spiro atoms. The Balaban J connectivity index is 1.62. The first kappa shape index (κ1) is 23.2. The molecule has 2 aromatic heterocycles. The van der Waals surface area contributed by atoms with Crippen molar-refractivity contribution in [2.75, 3.05) is 6.61 Å². The number of fused-ring (bicyclic) bond motifs is 1. The second kappa shape index (κ2) is 9.91. The number of nitrogens with one attached hydrogen (secondary N) is 1. The fourth-order valence-electron chi connectivity index (χ4n) is 4.13. The second-order valence-electron chi connectivity index (χ2n) is 8.11. The summed E-state index contributed by atoms with van der Waals surface area (Å²) in [5, 5.41) is 12.8. The van der Waals surface area contributed by atoms with E-state index in [0.29, 0.717) is 30.8 Å². The summed E-state index contributed by atoms with van der Waals surface area (Å²) in [5.74, 6) is 0.526. The highest BCUT2D eigenvalue weighted by atomic mass is 16.5. The van der Waals surface area contributed by atoms with Crippen molar-refractivity contribution in [3.63, 3.8) is 0 Å². The van der Waals surface area contributed by atoms with Crippen LogP contribution in [0.2, 0.25) is 0 Å². The van der Waals surface area contributed by atoms with Crippen LogP contribution in [-0.4, -0.2) is 32.1 Å². The molecule has 34 heavy (non-hydrogen) atoms. The standard InChI is InChI=1S/C26H29N5O3/c1-5-22(25(32)27-16-19-12-14-21(15-13-19)34-6-2)31-26(33)24-23(17(3)28-31)18(4)30(29-24)20-10-8-7-9-11-20/h7-15,22H,5-6,16H2,1-4H3,(H,27,32)/t22-/m0/s1. The summed E-state index contributed by atoms with van der Waals surface area (Å²) in [6, 6.07) is 16.5. The molecule has 0 aliphatic carbocycles. The lowest BCUT2D eigenvalue weighted by Gasteiger charge is -2.17. The monoisotopic (exact) mass is 459 g/mol. The molecule has 1 atom stereocenters. The summed E-state index contributed by atoms with van der Waals surface area (Å²) in [4.78, 5) is 26.4. The van der Waals surface area contributed by atoms with Gasteiger partial charge >= 0.3 is 0 Å². The predicted molar refractivity (Wildman–Crippen MR) is 131 cm³/mol. The third kappa shape index (κ3) is 4.44. The molecule has 1 N–H and O–H groups in total. The molecule has 8 nitrogen and oxygen atoms in total. The Morgan fingerprint density at radius 3 is 2.38 bits per heavy atom. The minimum absolute atomic E-state index is 0.260. The van der Waals surface area contributed by atoms with Gasteiger partial charge in [-0.05, 0) is 57.0 Å². The number of ether oxygens (including phenoxy) is 1. The molecule has 0 radical (unpaired) electrons. The van der Waals surface area contributed by atoms with E-state index in [2.05, 4.69) is 15.5 Å². The number of hydrogen-bond donors (Lipinski definition) is 1. The molecule has 8 heteroatoms. The van der Waals surface area contributed by atoms with Crippen LogP contribution >= 0.6 is 0 Å². The molecule has 4 aromatic rings. The van der Waals surface area contributed by atoms with Gasteiger partial charge in [0.05, 0.1) is 29.1 Å². The Bertz CT molecular complexity index is 1360. The Kier molecular flexibility index (Phi) is 6.77. The van der Waals surface area contributed by atoms with Gasteiger partial charge in [0, 0.05) is 6.54 Å². The zero-order chi connectivity index (χ0) is 24.2. The Morgan fingerprint density at radius 1 is 1.03 bits per heavy atom. The molecule has 1 amide bonds. The quantitative estimate of drug-likeness (QED) is 0.432. The Hall–Kier alpha value is -3.94. The maximum Gasteiger partial charge on any atom is 0.295 e. The van der Waals surface area contributed by atoms with Crippen LogP contribution in [0.1, 0.15) is 43.3 Å². The minimum Gasteiger partial charge on any atom is -0.494 e. The van der Waals surface area contributed by atoms with Gasteiger partial charge in [0.1, 0.15) is 11.8 Å². The van der Waals surface area contributed by atoms with E-state index in [-0.39, 0.29) is 11.5 Å². The van der Waals surface area contributed by atoms with Crippen LogP contribution in [0.25, 0.3) is 16.6 Å². The highest BCUT2D eigenvalue weighted by Gasteiger charge is 2.25. The SMILES string of the molecule is CCOc1ccc(CNC(=O)[C@H](CC)n2nc(C)c3c(C)n(-c4ccccc4)nc3c2=O)cc1. The van der Waals surface area contributed by atoms with E-state index < -0.39 is 6.04 Å². The number of rotatable bonds is 8. The maximum atomic E-state index is 13.4. The average molecular weight is 460 g/mol. The summed E-state index contributed by atoms with van der Waals surface area (Å²) in [6.45, 7) is 8.50. The van der Waals surface area contributed by atoms with Gasteiger partial charge in [0.15, 0.2) is 5.52 Å². The molecule has 176 valence electrons. The van der Waals surface area contributed by atoms with E-state index in [0.717, 1.165) is 28.1 Å². The van der Waals surface area contributed by atoms with Crippen molar-refractivity contribution in [1.29, 1.82) is 0 Å². The predicted octanol–water partition coefficient (Wildman–Crippen LogP) is 3.87. The topological polar surface area (TPSA) is 91.0 Å². The molecule has 0 aliphatic rings. The Morgan fingerprint density at radius 2 is 1.74 bits per heavy atom. The second-order valence-corrected chi connectivity index (χ2v) is 8.11. The van der Waals surface area contributed by atoms with Gasteiger partial charge in [-0.2, -0.15) is 10.2 Å². The van der Waals surface area contributed by atoms with E-state index in [1.807, 2.05) is 82.3 Å². The molecule has 0 saturated carbocycles. The van der Waals surface area contributed by atoms with Crippen molar-refractivity contribution in [1.82, 2.24) is 24.9 Å².